The predicted octanol–water partition coefficient (Wildman–Crippen LogP) is 0.737. The van der Waals surface area contributed by atoms with E-state index in [4.69, 9.17) is 9.84 Å². The molecule has 2 N–H and O–H groups in total. The molecule has 20 heavy (non-hydrogen) atoms. The summed E-state index contributed by atoms with van der Waals surface area (Å²) in [6.07, 6.45) is 2.42. The van der Waals surface area contributed by atoms with Gasteiger partial charge < -0.3 is 20.1 Å². The number of carbonyl (C=O) groups is 1. The first kappa shape index (κ1) is 14.7. The van der Waals surface area contributed by atoms with Crippen LogP contribution < -0.4 is 5.32 Å². The number of morpholine rings is 1. The third kappa shape index (κ3) is 3.68. The maximum absolute atomic E-state index is 12.3. The third-order valence-corrected chi connectivity index (χ3v) is 3.19. The molecule has 110 valence electrons. The molecule has 1 aromatic heterocycles. The van der Waals surface area contributed by atoms with Crippen molar-refractivity contribution in [2.24, 2.45) is 0 Å². The minimum atomic E-state index is -0.293. The van der Waals surface area contributed by atoms with E-state index >= 15 is 0 Å². The van der Waals surface area contributed by atoms with Gasteiger partial charge in [0, 0.05) is 19.6 Å². The van der Waals surface area contributed by atoms with Crippen molar-refractivity contribution in [1.82, 2.24) is 9.88 Å². The number of aliphatic hydroxyl groups excluding tert-OH is 1. The number of hydrogen-bond donors (Lipinski definition) is 2. The number of rotatable bonds is 5. The fourth-order valence-electron chi connectivity index (χ4n) is 2.07. The van der Waals surface area contributed by atoms with Gasteiger partial charge in [-0.15, -0.1) is 0 Å². The van der Waals surface area contributed by atoms with Gasteiger partial charge in [0.2, 0.25) is 0 Å². The summed E-state index contributed by atoms with van der Waals surface area (Å²) in [7, 11) is 0. The van der Waals surface area contributed by atoms with Gasteiger partial charge in [0.25, 0.3) is 5.91 Å². The molecular weight excluding hydrogens is 258 g/mol. The van der Waals surface area contributed by atoms with Crippen molar-refractivity contribution < 1.29 is 14.6 Å². The lowest BCUT2D eigenvalue weighted by Crippen LogP contribution is -2.47. The van der Waals surface area contributed by atoms with Crippen LogP contribution in [0.4, 0.5) is 5.69 Å². The van der Waals surface area contributed by atoms with Crippen LogP contribution in [0.2, 0.25) is 0 Å². The summed E-state index contributed by atoms with van der Waals surface area (Å²) in [5.41, 5.74) is 1.34. The van der Waals surface area contributed by atoms with E-state index in [1.165, 1.54) is 0 Å². The quantitative estimate of drug-likeness (QED) is 0.831. The number of ether oxygens (including phenoxy) is 1. The average Bonchev–Trinajstić information content (AvgIpc) is 2.52. The Kier molecular flexibility index (Phi) is 5.31. The maximum Gasteiger partial charge on any atom is 0.272 e. The zero-order chi connectivity index (χ0) is 14.4. The monoisotopic (exact) mass is 279 g/mol. The van der Waals surface area contributed by atoms with E-state index in [0.29, 0.717) is 25.4 Å². The molecule has 0 saturated carbocycles. The van der Waals surface area contributed by atoms with Crippen molar-refractivity contribution >= 4 is 11.6 Å². The Morgan fingerprint density at radius 2 is 2.45 bits per heavy atom. The van der Waals surface area contributed by atoms with Crippen molar-refractivity contribution in [3.05, 3.63) is 24.0 Å². The lowest BCUT2D eigenvalue weighted by molar-refractivity contribution is -0.0448. The molecular formula is C14H21N3O3. The van der Waals surface area contributed by atoms with Crippen molar-refractivity contribution in [2.75, 3.05) is 38.2 Å². The number of anilines is 1. The van der Waals surface area contributed by atoms with E-state index in [2.05, 4.69) is 17.2 Å². The summed E-state index contributed by atoms with van der Waals surface area (Å²) < 4.78 is 5.33. The first-order valence-corrected chi connectivity index (χ1v) is 6.96. The zero-order valence-corrected chi connectivity index (χ0v) is 11.7. The second kappa shape index (κ2) is 7.21. The highest BCUT2D eigenvalue weighted by Gasteiger charge is 2.25. The summed E-state index contributed by atoms with van der Waals surface area (Å²) in [6, 6.07) is 3.59. The van der Waals surface area contributed by atoms with Crippen LogP contribution in [-0.2, 0) is 4.74 Å². The molecule has 1 saturated heterocycles. The van der Waals surface area contributed by atoms with Crippen molar-refractivity contribution in [1.29, 1.82) is 0 Å². The van der Waals surface area contributed by atoms with Gasteiger partial charge in [-0.3, -0.25) is 4.79 Å². The predicted molar refractivity (Wildman–Crippen MR) is 75.7 cm³/mol. The molecule has 0 spiro atoms. The van der Waals surface area contributed by atoms with Crippen molar-refractivity contribution in [3.63, 3.8) is 0 Å². The maximum atomic E-state index is 12.3. The van der Waals surface area contributed by atoms with Crippen LogP contribution in [0.1, 0.15) is 23.8 Å². The largest absolute Gasteiger partial charge is 0.394 e. The SMILES string of the molecule is CCCNc1ccc(C(=O)N2CCOC(CO)C2)nc1. The summed E-state index contributed by atoms with van der Waals surface area (Å²) in [4.78, 5) is 18.2. The highest BCUT2D eigenvalue weighted by atomic mass is 16.5. The highest BCUT2D eigenvalue weighted by Crippen LogP contribution is 2.11. The summed E-state index contributed by atoms with van der Waals surface area (Å²) in [5.74, 6) is -0.117. The fraction of sp³-hybridized carbons (Fsp3) is 0.571. The van der Waals surface area contributed by atoms with Gasteiger partial charge in [-0.05, 0) is 18.6 Å². The Hall–Kier alpha value is -1.66. The van der Waals surface area contributed by atoms with Gasteiger partial charge in [-0.2, -0.15) is 0 Å². The molecule has 0 aliphatic carbocycles. The van der Waals surface area contributed by atoms with Gasteiger partial charge in [0.1, 0.15) is 5.69 Å². The summed E-state index contributed by atoms with van der Waals surface area (Å²) in [5, 5.41) is 12.3. The molecule has 1 fully saturated rings. The standard InChI is InChI=1S/C14H21N3O3/c1-2-5-15-11-3-4-13(16-8-11)14(19)17-6-7-20-12(9-17)10-18/h3-4,8,12,15,18H,2,5-7,9-10H2,1H3. The van der Waals surface area contributed by atoms with Gasteiger partial charge in [0.15, 0.2) is 0 Å². The number of aliphatic hydroxyl groups is 1. The van der Waals surface area contributed by atoms with Crippen LogP contribution in [0.25, 0.3) is 0 Å². The molecule has 0 aromatic carbocycles. The lowest BCUT2D eigenvalue weighted by atomic mass is 10.2. The number of nitrogens with one attached hydrogen (secondary N) is 1. The number of hydrogen-bond acceptors (Lipinski definition) is 5. The van der Waals surface area contributed by atoms with Crippen LogP contribution in [0.15, 0.2) is 18.3 Å². The fourth-order valence-corrected chi connectivity index (χ4v) is 2.07. The van der Waals surface area contributed by atoms with Crippen LogP contribution in [0.5, 0.6) is 0 Å². The number of carbonyl (C=O) groups excluding carboxylic acids is 1. The molecule has 1 amide bonds. The van der Waals surface area contributed by atoms with E-state index in [1.807, 2.05) is 6.07 Å². The smallest absolute Gasteiger partial charge is 0.272 e. The van der Waals surface area contributed by atoms with E-state index in [-0.39, 0.29) is 18.6 Å². The second-order valence-electron chi connectivity index (χ2n) is 4.79. The molecule has 0 radical (unpaired) electrons. The van der Waals surface area contributed by atoms with Crippen molar-refractivity contribution in [3.8, 4) is 0 Å². The first-order valence-electron chi connectivity index (χ1n) is 6.96. The molecule has 1 aliphatic rings. The van der Waals surface area contributed by atoms with Crippen molar-refractivity contribution in [2.45, 2.75) is 19.4 Å². The number of aromatic nitrogens is 1. The summed E-state index contributed by atoms with van der Waals surface area (Å²) >= 11 is 0. The Bertz CT molecular complexity index is 436. The van der Waals surface area contributed by atoms with Gasteiger partial charge >= 0.3 is 0 Å². The minimum Gasteiger partial charge on any atom is -0.394 e. The zero-order valence-electron chi connectivity index (χ0n) is 11.7. The molecule has 0 bridgehead atoms. The summed E-state index contributed by atoms with van der Waals surface area (Å²) in [6.45, 7) is 4.30. The van der Waals surface area contributed by atoms with E-state index in [0.717, 1.165) is 18.7 Å². The Labute approximate surface area is 118 Å². The van der Waals surface area contributed by atoms with Gasteiger partial charge in [-0.1, -0.05) is 6.92 Å². The molecule has 1 aliphatic heterocycles. The van der Waals surface area contributed by atoms with Crippen LogP contribution in [0, 0.1) is 0 Å². The van der Waals surface area contributed by atoms with Crippen LogP contribution >= 0.6 is 0 Å². The third-order valence-electron chi connectivity index (χ3n) is 3.19. The van der Waals surface area contributed by atoms with Gasteiger partial charge in [0.05, 0.1) is 31.2 Å². The molecule has 2 heterocycles. The molecule has 2 rings (SSSR count). The number of amides is 1. The first-order chi connectivity index (χ1) is 9.74. The Morgan fingerprint density at radius 3 is 3.10 bits per heavy atom. The van der Waals surface area contributed by atoms with E-state index in [9.17, 15) is 4.79 Å². The second-order valence-corrected chi connectivity index (χ2v) is 4.79. The molecule has 1 aromatic rings. The lowest BCUT2D eigenvalue weighted by Gasteiger charge is -2.31. The normalized spacial score (nSPS) is 18.9. The minimum absolute atomic E-state index is 0.0723. The molecule has 6 heteroatoms. The van der Waals surface area contributed by atoms with Gasteiger partial charge in [-0.25, -0.2) is 4.98 Å². The van der Waals surface area contributed by atoms with E-state index in [1.54, 1.807) is 17.2 Å². The molecule has 1 atom stereocenters. The average molecular weight is 279 g/mol. The highest BCUT2D eigenvalue weighted by molar-refractivity contribution is 5.92. The van der Waals surface area contributed by atoms with Crippen LogP contribution in [-0.4, -0.2) is 59.8 Å². The molecule has 1 unspecified atom stereocenters. The Morgan fingerprint density at radius 1 is 1.60 bits per heavy atom. The Balaban J connectivity index is 1.98. The van der Waals surface area contributed by atoms with Crippen LogP contribution in [0.3, 0.4) is 0 Å². The topological polar surface area (TPSA) is 74.7 Å². The molecule has 6 nitrogen and oxygen atoms in total. The number of pyridine rings is 1. The number of nitrogens with zero attached hydrogens (tertiary/aromatic N) is 2. The van der Waals surface area contributed by atoms with E-state index < -0.39 is 0 Å².